The highest BCUT2D eigenvalue weighted by Crippen LogP contribution is 2.06. The van der Waals surface area contributed by atoms with Gasteiger partial charge >= 0.3 is 0 Å². The van der Waals surface area contributed by atoms with Crippen LogP contribution in [0.25, 0.3) is 0 Å². The van der Waals surface area contributed by atoms with Gasteiger partial charge in [-0.2, -0.15) is 0 Å². The predicted molar refractivity (Wildman–Crippen MR) is 90.4 cm³/mol. The third-order valence-corrected chi connectivity index (χ3v) is 3.65. The fourth-order valence-corrected chi connectivity index (χ4v) is 2.44. The first-order chi connectivity index (χ1) is 12.1. The van der Waals surface area contributed by atoms with Gasteiger partial charge in [0.05, 0.1) is 12.7 Å². The maximum Gasteiger partial charge on any atom is 0.273 e. The van der Waals surface area contributed by atoms with Gasteiger partial charge in [-0.05, 0) is 36.8 Å². The summed E-state index contributed by atoms with van der Waals surface area (Å²) >= 11 is 0. The van der Waals surface area contributed by atoms with E-state index in [1.54, 1.807) is 29.2 Å². The second-order valence-corrected chi connectivity index (χ2v) is 5.83. The van der Waals surface area contributed by atoms with Crippen molar-refractivity contribution in [2.24, 2.45) is 0 Å². The smallest absolute Gasteiger partial charge is 0.273 e. The molecule has 0 aliphatic carbocycles. The molecule has 6 nitrogen and oxygen atoms in total. The molecule has 1 unspecified atom stereocenters. The summed E-state index contributed by atoms with van der Waals surface area (Å²) in [5, 5.41) is 10.7. The van der Waals surface area contributed by atoms with Crippen molar-refractivity contribution in [3.05, 3.63) is 77.6 Å². The average Bonchev–Trinajstić information content (AvgIpc) is 3.06. The van der Waals surface area contributed by atoms with Gasteiger partial charge in [-0.15, -0.1) is 5.10 Å². The van der Waals surface area contributed by atoms with Gasteiger partial charge in [0.25, 0.3) is 5.91 Å². The molecule has 0 spiro atoms. The number of nitrogens with zero attached hydrogens (tertiary/aromatic N) is 4. The molecule has 0 saturated carbocycles. The van der Waals surface area contributed by atoms with Crippen molar-refractivity contribution in [3.63, 3.8) is 0 Å². The Labute approximate surface area is 144 Å². The van der Waals surface area contributed by atoms with E-state index in [1.165, 1.54) is 12.1 Å². The van der Waals surface area contributed by atoms with E-state index < -0.39 is 0 Å². The van der Waals surface area contributed by atoms with E-state index in [-0.39, 0.29) is 23.5 Å². The van der Waals surface area contributed by atoms with E-state index in [1.807, 2.05) is 25.1 Å². The van der Waals surface area contributed by atoms with Crippen molar-refractivity contribution in [2.75, 3.05) is 0 Å². The summed E-state index contributed by atoms with van der Waals surface area (Å²) < 4.78 is 14.5. The summed E-state index contributed by atoms with van der Waals surface area (Å²) in [7, 11) is 0. The van der Waals surface area contributed by atoms with Gasteiger partial charge in [0.2, 0.25) is 0 Å². The zero-order valence-electron chi connectivity index (χ0n) is 13.8. The summed E-state index contributed by atoms with van der Waals surface area (Å²) in [5.74, 6) is -0.571. The number of amides is 1. The number of hydrogen-bond acceptors (Lipinski definition) is 4. The van der Waals surface area contributed by atoms with Gasteiger partial charge in [0.15, 0.2) is 5.69 Å². The van der Waals surface area contributed by atoms with Crippen molar-refractivity contribution in [1.29, 1.82) is 0 Å². The molecule has 1 aromatic carbocycles. The zero-order chi connectivity index (χ0) is 17.6. The molecule has 3 rings (SSSR count). The zero-order valence-corrected chi connectivity index (χ0v) is 13.8. The molecule has 0 radical (unpaired) electrons. The van der Waals surface area contributed by atoms with Crippen molar-refractivity contribution in [3.8, 4) is 0 Å². The first-order valence-corrected chi connectivity index (χ1v) is 7.95. The fourth-order valence-electron chi connectivity index (χ4n) is 2.44. The van der Waals surface area contributed by atoms with Crippen LogP contribution in [0.2, 0.25) is 0 Å². The second-order valence-electron chi connectivity index (χ2n) is 5.83. The van der Waals surface area contributed by atoms with Crippen LogP contribution in [-0.2, 0) is 13.0 Å². The first-order valence-electron chi connectivity index (χ1n) is 7.95. The molecule has 25 heavy (non-hydrogen) atoms. The van der Waals surface area contributed by atoms with Crippen LogP contribution in [0.1, 0.15) is 28.7 Å². The third-order valence-electron chi connectivity index (χ3n) is 3.65. The van der Waals surface area contributed by atoms with E-state index >= 15 is 0 Å². The van der Waals surface area contributed by atoms with Gasteiger partial charge in [-0.1, -0.05) is 23.4 Å². The number of carbonyl (C=O) groups excluding carboxylic acids is 1. The Morgan fingerprint density at radius 1 is 1.24 bits per heavy atom. The Morgan fingerprint density at radius 3 is 2.76 bits per heavy atom. The van der Waals surface area contributed by atoms with Crippen LogP contribution in [-0.4, -0.2) is 31.9 Å². The van der Waals surface area contributed by atoms with E-state index in [2.05, 4.69) is 20.6 Å². The SMILES string of the molecule is CC(Cc1ccccn1)NC(=O)c1cn(Cc2ccc(F)cc2)nn1. The van der Waals surface area contributed by atoms with Crippen molar-refractivity contribution in [1.82, 2.24) is 25.3 Å². The highest BCUT2D eigenvalue weighted by Gasteiger charge is 2.14. The van der Waals surface area contributed by atoms with Crippen molar-refractivity contribution >= 4 is 5.91 Å². The minimum Gasteiger partial charge on any atom is -0.348 e. The Balaban J connectivity index is 1.57. The van der Waals surface area contributed by atoms with Gasteiger partial charge in [-0.25, -0.2) is 9.07 Å². The Kier molecular flexibility index (Phi) is 5.13. The third kappa shape index (κ3) is 4.69. The molecule has 7 heteroatoms. The van der Waals surface area contributed by atoms with Crippen LogP contribution in [0.15, 0.2) is 54.9 Å². The van der Waals surface area contributed by atoms with E-state index in [0.717, 1.165) is 11.3 Å². The van der Waals surface area contributed by atoms with Crippen LogP contribution in [0.3, 0.4) is 0 Å². The fraction of sp³-hybridized carbons (Fsp3) is 0.222. The topological polar surface area (TPSA) is 72.7 Å². The number of rotatable bonds is 6. The molecule has 128 valence electrons. The Hall–Kier alpha value is -3.09. The summed E-state index contributed by atoms with van der Waals surface area (Å²) in [4.78, 5) is 16.5. The van der Waals surface area contributed by atoms with Crippen LogP contribution < -0.4 is 5.32 Å². The molecule has 1 atom stereocenters. The second kappa shape index (κ2) is 7.65. The molecule has 0 aliphatic rings. The lowest BCUT2D eigenvalue weighted by Gasteiger charge is -2.12. The lowest BCUT2D eigenvalue weighted by molar-refractivity contribution is 0.0935. The van der Waals surface area contributed by atoms with Gasteiger partial charge in [0, 0.05) is 24.4 Å². The number of aromatic nitrogens is 4. The summed E-state index contributed by atoms with van der Waals surface area (Å²) in [6.07, 6.45) is 3.94. The quantitative estimate of drug-likeness (QED) is 0.747. The summed E-state index contributed by atoms with van der Waals surface area (Å²) in [6, 6.07) is 11.7. The molecule has 2 aromatic heterocycles. The molecule has 3 aromatic rings. The first kappa shape index (κ1) is 16.8. The van der Waals surface area contributed by atoms with Crippen molar-refractivity contribution in [2.45, 2.75) is 25.9 Å². The van der Waals surface area contributed by atoms with Crippen LogP contribution >= 0.6 is 0 Å². The highest BCUT2D eigenvalue weighted by molar-refractivity contribution is 5.92. The van der Waals surface area contributed by atoms with E-state index in [4.69, 9.17) is 0 Å². The highest BCUT2D eigenvalue weighted by atomic mass is 19.1. The monoisotopic (exact) mass is 339 g/mol. The van der Waals surface area contributed by atoms with Gasteiger partial charge < -0.3 is 5.32 Å². The van der Waals surface area contributed by atoms with Crippen LogP contribution in [0.5, 0.6) is 0 Å². The minimum absolute atomic E-state index is 0.0790. The molecular formula is C18H18FN5O. The Bertz CT molecular complexity index is 832. The molecule has 1 N–H and O–H groups in total. The maximum absolute atomic E-state index is 12.9. The number of nitrogens with one attached hydrogen (secondary N) is 1. The molecule has 1 amide bonds. The molecule has 0 aliphatic heterocycles. The van der Waals surface area contributed by atoms with Crippen LogP contribution in [0, 0.1) is 5.82 Å². The number of carbonyl (C=O) groups is 1. The lowest BCUT2D eigenvalue weighted by Crippen LogP contribution is -2.34. The Morgan fingerprint density at radius 2 is 2.04 bits per heavy atom. The molecular weight excluding hydrogens is 321 g/mol. The van der Waals surface area contributed by atoms with Gasteiger partial charge in [0.1, 0.15) is 5.82 Å². The number of hydrogen-bond donors (Lipinski definition) is 1. The summed E-state index contributed by atoms with van der Waals surface area (Å²) in [5.41, 5.74) is 2.03. The van der Waals surface area contributed by atoms with E-state index in [9.17, 15) is 9.18 Å². The number of pyridine rings is 1. The number of benzene rings is 1. The van der Waals surface area contributed by atoms with Crippen molar-refractivity contribution < 1.29 is 9.18 Å². The number of halogens is 1. The van der Waals surface area contributed by atoms with Crippen LogP contribution in [0.4, 0.5) is 4.39 Å². The molecule has 0 fully saturated rings. The minimum atomic E-state index is -0.288. The standard InChI is InChI=1S/C18H18FN5O/c1-13(10-16-4-2-3-9-20-16)21-18(25)17-12-24(23-22-17)11-14-5-7-15(19)8-6-14/h2-9,12-13H,10-11H2,1H3,(H,21,25). The molecule has 2 heterocycles. The molecule has 0 saturated heterocycles. The predicted octanol–water partition coefficient (Wildman–Crippen LogP) is 2.22. The lowest BCUT2D eigenvalue weighted by atomic mass is 10.1. The van der Waals surface area contributed by atoms with E-state index in [0.29, 0.717) is 13.0 Å². The maximum atomic E-state index is 12.9. The van der Waals surface area contributed by atoms with Gasteiger partial charge in [-0.3, -0.25) is 9.78 Å². The normalized spacial score (nSPS) is 11.9. The largest absolute Gasteiger partial charge is 0.348 e. The molecule has 0 bridgehead atoms. The summed E-state index contributed by atoms with van der Waals surface area (Å²) in [6.45, 7) is 2.33. The average molecular weight is 339 g/mol.